The second kappa shape index (κ2) is 7.26. The molecule has 0 unspecified atom stereocenters. The van der Waals surface area contributed by atoms with Gasteiger partial charge in [0.15, 0.2) is 5.41 Å². The third-order valence-corrected chi connectivity index (χ3v) is 3.40. The zero-order chi connectivity index (χ0) is 16.0. The van der Waals surface area contributed by atoms with Crippen LogP contribution in [0.3, 0.4) is 0 Å². The SMILES string of the molecule is CCOC(=O)C(C)(C)C(C)(C(=O)OCC)C(=O)OCC. The molecule has 0 spiro atoms. The molecule has 0 fully saturated rings. The quantitative estimate of drug-likeness (QED) is 0.403. The van der Waals surface area contributed by atoms with Crippen molar-refractivity contribution in [2.45, 2.75) is 41.5 Å². The molecule has 0 aromatic rings. The highest BCUT2D eigenvalue weighted by molar-refractivity contribution is 6.05. The van der Waals surface area contributed by atoms with Crippen molar-refractivity contribution in [2.75, 3.05) is 19.8 Å². The van der Waals surface area contributed by atoms with Crippen molar-refractivity contribution < 1.29 is 28.6 Å². The highest BCUT2D eigenvalue weighted by atomic mass is 16.6. The number of rotatable bonds is 7. The summed E-state index contributed by atoms with van der Waals surface area (Å²) >= 11 is 0. The summed E-state index contributed by atoms with van der Waals surface area (Å²) in [7, 11) is 0. The minimum absolute atomic E-state index is 0.104. The molecule has 0 aliphatic heterocycles. The molecule has 6 nitrogen and oxygen atoms in total. The summed E-state index contributed by atoms with van der Waals surface area (Å²) in [4.78, 5) is 36.5. The lowest BCUT2D eigenvalue weighted by molar-refractivity contribution is -0.189. The Bertz CT molecular complexity index is 354. The monoisotopic (exact) mass is 288 g/mol. The van der Waals surface area contributed by atoms with Crippen LogP contribution in [0.25, 0.3) is 0 Å². The van der Waals surface area contributed by atoms with Gasteiger partial charge in [0.1, 0.15) is 0 Å². The van der Waals surface area contributed by atoms with E-state index in [0.717, 1.165) is 0 Å². The third kappa shape index (κ3) is 3.29. The molecule has 0 saturated heterocycles. The van der Waals surface area contributed by atoms with Crippen LogP contribution in [-0.4, -0.2) is 37.7 Å². The van der Waals surface area contributed by atoms with E-state index in [2.05, 4.69) is 0 Å². The van der Waals surface area contributed by atoms with Crippen LogP contribution in [0.15, 0.2) is 0 Å². The van der Waals surface area contributed by atoms with Gasteiger partial charge in [0.2, 0.25) is 0 Å². The lowest BCUT2D eigenvalue weighted by Crippen LogP contribution is -2.54. The van der Waals surface area contributed by atoms with E-state index in [4.69, 9.17) is 14.2 Å². The van der Waals surface area contributed by atoms with E-state index in [1.54, 1.807) is 20.8 Å². The van der Waals surface area contributed by atoms with Gasteiger partial charge in [0.25, 0.3) is 0 Å². The molecule has 0 aliphatic carbocycles. The maximum absolute atomic E-state index is 12.2. The van der Waals surface area contributed by atoms with Crippen LogP contribution < -0.4 is 0 Å². The Morgan fingerprint density at radius 1 is 0.700 bits per heavy atom. The van der Waals surface area contributed by atoms with Gasteiger partial charge in [-0.1, -0.05) is 0 Å². The summed E-state index contributed by atoms with van der Waals surface area (Å²) in [6, 6.07) is 0. The zero-order valence-corrected chi connectivity index (χ0v) is 13.1. The average Bonchev–Trinajstić information content (AvgIpc) is 2.38. The Hall–Kier alpha value is -1.59. The van der Waals surface area contributed by atoms with Gasteiger partial charge in [-0.15, -0.1) is 0 Å². The Morgan fingerprint density at radius 2 is 1.00 bits per heavy atom. The summed E-state index contributed by atoms with van der Waals surface area (Å²) in [5.74, 6) is -2.24. The molecule has 0 atom stereocenters. The molecule has 0 amide bonds. The molecule has 0 aromatic carbocycles. The van der Waals surface area contributed by atoms with Gasteiger partial charge >= 0.3 is 17.9 Å². The van der Waals surface area contributed by atoms with Crippen molar-refractivity contribution in [2.24, 2.45) is 10.8 Å². The molecule has 0 aliphatic rings. The first-order chi connectivity index (χ1) is 9.19. The van der Waals surface area contributed by atoms with Gasteiger partial charge in [-0.25, -0.2) is 0 Å². The van der Waals surface area contributed by atoms with E-state index in [1.165, 1.54) is 20.8 Å². The minimum atomic E-state index is -1.76. The van der Waals surface area contributed by atoms with Crippen molar-refractivity contribution in [3.05, 3.63) is 0 Å². The number of carbonyl (C=O) groups is 3. The summed E-state index contributed by atoms with van der Waals surface area (Å²) in [6.07, 6.45) is 0. The largest absolute Gasteiger partial charge is 0.466 e. The topological polar surface area (TPSA) is 78.9 Å². The molecule has 20 heavy (non-hydrogen) atoms. The number of ether oxygens (including phenoxy) is 3. The average molecular weight is 288 g/mol. The second-order valence-electron chi connectivity index (χ2n) is 4.91. The fourth-order valence-corrected chi connectivity index (χ4v) is 1.66. The molecule has 0 bridgehead atoms. The Morgan fingerprint density at radius 3 is 1.30 bits per heavy atom. The molecule has 0 aromatic heterocycles. The van der Waals surface area contributed by atoms with E-state index >= 15 is 0 Å². The first-order valence-corrected chi connectivity index (χ1v) is 6.71. The maximum atomic E-state index is 12.2. The van der Waals surface area contributed by atoms with E-state index in [-0.39, 0.29) is 19.8 Å². The fraction of sp³-hybridized carbons (Fsp3) is 0.786. The Balaban J connectivity index is 5.67. The zero-order valence-electron chi connectivity index (χ0n) is 13.1. The lowest BCUT2D eigenvalue weighted by atomic mass is 9.66. The van der Waals surface area contributed by atoms with Crippen LogP contribution >= 0.6 is 0 Å². The molecule has 0 radical (unpaired) electrons. The molecule has 0 heterocycles. The van der Waals surface area contributed by atoms with E-state index in [1.807, 2.05) is 0 Å². The van der Waals surface area contributed by atoms with Crippen LogP contribution in [0.5, 0.6) is 0 Å². The minimum Gasteiger partial charge on any atom is -0.466 e. The molecule has 6 heteroatoms. The first kappa shape index (κ1) is 18.4. The number of esters is 3. The van der Waals surface area contributed by atoms with Crippen molar-refractivity contribution in [3.63, 3.8) is 0 Å². The van der Waals surface area contributed by atoms with Gasteiger partial charge < -0.3 is 14.2 Å². The normalized spacial score (nSPS) is 11.7. The molecule has 0 N–H and O–H groups in total. The standard InChI is InChI=1S/C14H24O6/c1-7-18-10(15)13(4,5)14(6,11(16)19-8-2)12(17)20-9-3/h7-9H2,1-6H3. The van der Waals surface area contributed by atoms with Crippen LogP contribution in [0.4, 0.5) is 0 Å². The maximum Gasteiger partial charge on any atom is 0.324 e. The van der Waals surface area contributed by atoms with Crippen molar-refractivity contribution in [1.82, 2.24) is 0 Å². The van der Waals surface area contributed by atoms with Crippen molar-refractivity contribution in [1.29, 1.82) is 0 Å². The fourth-order valence-electron chi connectivity index (χ4n) is 1.66. The van der Waals surface area contributed by atoms with Crippen LogP contribution in [0.2, 0.25) is 0 Å². The molecular formula is C14H24O6. The Labute approximate surface area is 119 Å². The van der Waals surface area contributed by atoms with Crippen LogP contribution in [0, 0.1) is 10.8 Å². The van der Waals surface area contributed by atoms with Gasteiger partial charge in [0, 0.05) is 0 Å². The summed E-state index contributed by atoms with van der Waals surface area (Å²) in [5.41, 5.74) is -3.16. The van der Waals surface area contributed by atoms with Gasteiger partial charge in [-0.2, -0.15) is 0 Å². The predicted molar refractivity (Wildman–Crippen MR) is 71.8 cm³/mol. The van der Waals surface area contributed by atoms with Gasteiger partial charge in [-0.05, 0) is 41.5 Å². The second-order valence-corrected chi connectivity index (χ2v) is 4.91. The van der Waals surface area contributed by atoms with Crippen molar-refractivity contribution in [3.8, 4) is 0 Å². The predicted octanol–water partition coefficient (Wildman–Crippen LogP) is 1.71. The molecule has 0 rings (SSSR count). The number of hydrogen-bond acceptors (Lipinski definition) is 6. The van der Waals surface area contributed by atoms with Crippen molar-refractivity contribution >= 4 is 17.9 Å². The summed E-state index contributed by atoms with van der Waals surface area (Å²) in [6.45, 7) is 9.56. The van der Waals surface area contributed by atoms with E-state index < -0.39 is 28.7 Å². The summed E-state index contributed by atoms with van der Waals surface area (Å²) in [5, 5.41) is 0. The molecular weight excluding hydrogens is 264 g/mol. The Kier molecular flexibility index (Phi) is 6.68. The highest BCUT2D eigenvalue weighted by Crippen LogP contribution is 2.42. The summed E-state index contributed by atoms with van der Waals surface area (Å²) < 4.78 is 14.8. The highest BCUT2D eigenvalue weighted by Gasteiger charge is 2.60. The molecule has 116 valence electrons. The van der Waals surface area contributed by atoms with Crippen LogP contribution in [0.1, 0.15) is 41.5 Å². The van der Waals surface area contributed by atoms with E-state index in [0.29, 0.717) is 0 Å². The number of hydrogen-bond donors (Lipinski definition) is 0. The first-order valence-electron chi connectivity index (χ1n) is 6.71. The van der Waals surface area contributed by atoms with E-state index in [9.17, 15) is 14.4 Å². The molecule has 0 saturated carbocycles. The van der Waals surface area contributed by atoms with Gasteiger partial charge in [-0.3, -0.25) is 14.4 Å². The number of carbonyl (C=O) groups excluding carboxylic acids is 3. The smallest absolute Gasteiger partial charge is 0.324 e. The lowest BCUT2D eigenvalue weighted by Gasteiger charge is -2.37. The van der Waals surface area contributed by atoms with Gasteiger partial charge in [0.05, 0.1) is 25.2 Å². The third-order valence-electron chi connectivity index (χ3n) is 3.40. The van der Waals surface area contributed by atoms with Crippen LogP contribution in [-0.2, 0) is 28.6 Å².